The Hall–Kier alpha value is -1.77. The molecule has 0 radical (unpaired) electrons. The zero-order valence-corrected chi connectivity index (χ0v) is 12.2. The van der Waals surface area contributed by atoms with Crippen molar-refractivity contribution in [2.45, 2.75) is 39.0 Å². The van der Waals surface area contributed by atoms with E-state index in [2.05, 4.69) is 12.2 Å². The Kier molecular flexibility index (Phi) is 4.83. The van der Waals surface area contributed by atoms with E-state index in [1.165, 1.54) is 32.1 Å². The molecule has 108 valence electrons. The van der Waals surface area contributed by atoms with Crippen LogP contribution in [0.5, 0.6) is 0 Å². The first kappa shape index (κ1) is 14.6. The van der Waals surface area contributed by atoms with E-state index >= 15 is 0 Å². The number of carbonyl (C=O) groups is 1. The lowest BCUT2D eigenvalue weighted by atomic mass is 9.76. The molecule has 0 spiro atoms. The Morgan fingerprint density at radius 2 is 2.10 bits per heavy atom. The average Bonchev–Trinajstić information content (AvgIpc) is 2.44. The molecule has 1 saturated carbocycles. The van der Waals surface area contributed by atoms with Gasteiger partial charge in [0.2, 0.25) is 5.91 Å². The van der Waals surface area contributed by atoms with Crippen molar-refractivity contribution in [2.24, 2.45) is 5.41 Å². The summed E-state index contributed by atoms with van der Waals surface area (Å²) in [6.07, 6.45) is 9.71. The predicted octanol–water partition coefficient (Wildman–Crippen LogP) is 3.37. The van der Waals surface area contributed by atoms with E-state index in [4.69, 9.17) is 5.73 Å². The molecule has 0 heterocycles. The standard InChI is InChI=1S/C17H24N2O/c1-17(10-3-2-4-11-17)13-19-16(20)9-8-14-6-5-7-15(18)12-14/h5-9,12H,2-4,10-11,13,18H2,1H3,(H,19,20)/b9-8+. The summed E-state index contributed by atoms with van der Waals surface area (Å²) in [6.45, 7) is 3.04. The molecule has 1 aliphatic carbocycles. The summed E-state index contributed by atoms with van der Waals surface area (Å²) in [5.41, 5.74) is 7.64. The van der Waals surface area contributed by atoms with Crippen LogP contribution in [0.15, 0.2) is 30.3 Å². The third-order valence-corrected chi connectivity index (χ3v) is 4.09. The van der Waals surface area contributed by atoms with Crippen molar-refractivity contribution in [1.82, 2.24) is 5.32 Å². The summed E-state index contributed by atoms with van der Waals surface area (Å²) in [5, 5.41) is 3.02. The quantitative estimate of drug-likeness (QED) is 0.652. The first-order valence-electron chi connectivity index (χ1n) is 7.39. The minimum Gasteiger partial charge on any atom is -0.399 e. The first-order chi connectivity index (χ1) is 9.57. The van der Waals surface area contributed by atoms with Crippen LogP contribution in [0.4, 0.5) is 5.69 Å². The predicted molar refractivity (Wildman–Crippen MR) is 84.1 cm³/mol. The number of nitrogens with two attached hydrogens (primary N) is 1. The summed E-state index contributed by atoms with van der Waals surface area (Å²) in [6, 6.07) is 7.51. The second-order valence-corrected chi connectivity index (χ2v) is 6.09. The highest BCUT2D eigenvalue weighted by molar-refractivity contribution is 5.91. The molecular weight excluding hydrogens is 248 g/mol. The van der Waals surface area contributed by atoms with Crippen molar-refractivity contribution >= 4 is 17.7 Å². The van der Waals surface area contributed by atoms with Gasteiger partial charge in [0.05, 0.1) is 0 Å². The van der Waals surface area contributed by atoms with Crippen LogP contribution in [0.2, 0.25) is 0 Å². The number of benzene rings is 1. The zero-order chi connectivity index (χ0) is 14.4. The van der Waals surface area contributed by atoms with Crippen LogP contribution in [0.3, 0.4) is 0 Å². The Labute approximate surface area is 121 Å². The summed E-state index contributed by atoms with van der Waals surface area (Å²) in [5.74, 6) is -0.0285. The molecule has 20 heavy (non-hydrogen) atoms. The number of carbonyl (C=O) groups excluding carboxylic acids is 1. The second-order valence-electron chi connectivity index (χ2n) is 6.09. The van der Waals surface area contributed by atoms with Gasteiger partial charge in [-0.3, -0.25) is 4.79 Å². The Bertz CT molecular complexity index is 488. The number of hydrogen-bond acceptors (Lipinski definition) is 2. The molecule has 3 N–H and O–H groups in total. The van der Waals surface area contributed by atoms with Crippen LogP contribution in [0, 0.1) is 5.41 Å². The topological polar surface area (TPSA) is 55.1 Å². The summed E-state index contributed by atoms with van der Waals surface area (Å²) in [4.78, 5) is 11.9. The lowest BCUT2D eigenvalue weighted by Crippen LogP contribution is -2.36. The second kappa shape index (κ2) is 6.60. The van der Waals surface area contributed by atoms with E-state index in [1.54, 1.807) is 12.2 Å². The van der Waals surface area contributed by atoms with Gasteiger partial charge in [-0.25, -0.2) is 0 Å². The van der Waals surface area contributed by atoms with Crippen molar-refractivity contribution in [1.29, 1.82) is 0 Å². The Balaban J connectivity index is 1.83. The number of nitrogens with one attached hydrogen (secondary N) is 1. The van der Waals surface area contributed by atoms with Gasteiger partial charge in [0.1, 0.15) is 0 Å². The number of hydrogen-bond donors (Lipinski definition) is 2. The number of rotatable bonds is 4. The monoisotopic (exact) mass is 272 g/mol. The van der Waals surface area contributed by atoms with E-state index in [1.807, 2.05) is 24.3 Å². The van der Waals surface area contributed by atoms with Gasteiger partial charge in [-0.15, -0.1) is 0 Å². The highest BCUT2D eigenvalue weighted by Crippen LogP contribution is 2.34. The van der Waals surface area contributed by atoms with E-state index in [-0.39, 0.29) is 11.3 Å². The van der Waals surface area contributed by atoms with Crippen LogP contribution >= 0.6 is 0 Å². The molecule has 0 unspecified atom stereocenters. The van der Waals surface area contributed by atoms with Crippen LogP contribution in [0.25, 0.3) is 6.08 Å². The van der Waals surface area contributed by atoms with E-state index in [0.717, 1.165) is 12.1 Å². The van der Waals surface area contributed by atoms with Crippen LogP contribution < -0.4 is 11.1 Å². The minimum atomic E-state index is -0.0285. The molecule has 0 bridgehead atoms. The van der Waals surface area contributed by atoms with Crippen LogP contribution in [-0.2, 0) is 4.79 Å². The van der Waals surface area contributed by atoms with Gasteiger partial charge in [-0.1, -0.05) is 38.3 Å². The third kappa shape index (κ3) is 4.41. The van der Waals surface area contributed by atoms with E-state index in [0.29, 0.717) is 5.69 Å². The Morgan fingerprint density at radius 3 is 2.80 bits per heavy atom. The first-order valence-corrected chi connectivity index (χ1v) is 7.39. The SMILES string of the molecule is CC1(CNC(=O)/C=C/c2cccc(N)c2)CCCCC1. The van der Waals surface area contributed by atoms with Gasteiger partial charge in [-0.05, 0) is 42.0 Å². The number of amides is 1. The molecule has 1 fully saturated rings. The average molecular weight is 272 g/mol. The van der Waals surface area contributed by atoms with Gasteiger partial charge in [-0.2, -0.15) is 0 Å². The lowest BCUT2D eigenvalue weighted by Gasteiger charge is -2.33. The van der Waals surface area contributed by atoms with Gasteiger partial charge < -0.3 is 11.1 Å². The van der Waals surface area contributed by atoms with Crippen molar-refractivity contribution in [3.05, 3.63) is 35.9 Å². The van der Waals surface area contributed by atoms with Crippen LogP contribution in [-0.4, -0.2) is 12.5 Å². The molecular formula is C17H24N2O. The number of nitrogen functional groups attached to an aromatic ring is 1. The third-order valence-electron chi connectivity index (χ3n) is 4.09. The van der Waals surface area contributed by atoms with Crippen molar-refractivity contribution < 1.29 is 4.79 Å². The summed E-state index contributed by atoms with van der Waals surface area (Å²) < 4.78 is 0. The molecule has 1 aromatic rings. The molecule has 0 saturated heterocycles. The fraction of sp³-hybridized carbons (Fsp3) is 0.471. The molecule has 0 aromatic heterocycles. The molecule has 0 aliphatic heterocycles. The maximum absolute atomic E-state index is 11.9. The van der Waals surface area contributed by atoms with E-state index < -0.39 is 0 Å². The fourth-order valence-corrected chi connectivity index (χ4v) is 2.78. The zero-order valence-electron chi connectivity index (χ0n) is 12.2. The normalized spacial score (nSPS) is 18.1. The molecule has 1 aromatic carbocycles. The van der Waals surface area contributed by atoms with Crippen molar-refractivity contribution in [3.63, 3.8) is 0 Å². The Morgan fingerprint density at radius 1 is 1.35 bits per heavy atom. The van der Waals surface area contributed by atoms with Crippen LogP contribution in [0.1, 0.15) is 44.6 Å². The molecule has 0 atom stereocenters. The summed E-state index contributed by atoms with van der Waals surface area (Å²) in [7, 11) is 0. The maximum Gasteiger partial charge on any atom is 0.244 e. The lowest BCUT2D eigenvalue weighted by molar-refractivity contribution is -0.117. The summed E-state index contributed by atoms with van der Waals surface area (Å²) >= 11 is 0. The van der Waals surface area contributed by atoms with Gasteiger partial charge >= 0.3 is 0 Å². The van der Waals surface area contributed by atoms with E-state index in [9.17, 15) is 4.79 Å². The van der Waals surface area contributed by atoms with Crippen molar-refractivity contribution in [3.8, 4) is 0 Å². The molecule has 2 rings (SSSR count). The largest absolute Gasteiger partial charge is 0.399 e. The minimum absolute atomic E-state index is 0.0285. The fourth-order valence-electron chi connectivity index (χ4n) is 2.78. The smallest absolute Gasteiger partial charge is 0.244 e. The highest BCUT2D eigenvalue weighted by Gasteiger charge is 2.26. The number of anilines is 1. The van der Waals surface area contributed by atoms with Crippen molar-refractivity contribution in [2.75, 3.05) is 12.3 Å². The van der Waals surface area contributed by atoms with Gasteiger partial charge in [0.15, 0.2) is 0 Å². The van der Waals surface area contributed by atoms with Gasteiger partial charge in [0, 0.05) is 18.3 Å². The highest BCUT2D eigenvalue weighted by atomic mass is 16.1. The molecule has 1 aliphatic rings. The molecule has 3 heteroatoms. The molecule has 3 nitrogen and oxygen atoms in total. The van der Waals surface area contributed by atoms with Gasteiger partial charge in [0.25, 0.3) is 0 Å². The molecule has 1 amide bonds. The maximum atomic E-state index is 11.9.